The monoisotopic (exact) mass is 241 g/mol. The summed E-state index contributed by atoms with van der Waals surface area (Å²) in [6.07, 6.45) is 11.1. The van der Waals surface area contributed by atoms with Crippen molar-refractivity contribution < 1.29 is 4.74 Å². The van der Waals surface area contributed by atoms with Gasteiger partial charge in [0.05, 0.1) is 6.10 Å². The third-order valence-corrected chi connectivity index (χ3v) is 3.72. The summed E-state index contributed by atoms with van der Waals surface area (Å²) in [4.78, 5) is 0. The molecule has 1 fully saturated rings. The van der Waals surface area contributed by atoms with Gasteiger partial charge in [-0.25, -0.2) is 0 Å². The van der Waals surface area contributed by atoms with E-state index in [2.05, 4.69) is 19.2 Å². The Labute approximate surface area is 108 Å². The lowest BCUT2D eigenvalue weighted by Gasteiger charge is -2.17. The summed E-state index contributed by atoms with van der Waals surface area (Å²) in [6, 6.07) is 0. The predicted octanol–water partition coefficient (Wildman–Crippen LogP) is 3.75. The van der Waals surface area contributed by atoms with Crippen molar-refractivity contribution in [1.82, 2.24) is 5.32 Å². The van der Waals surface area contributed by atoms with Crippen molar-refractivity contribution in [2.45, 2.75) is 71.3 Å². The Morgan fingerprint density at radius 1 is 1.24 bits per heavy atom. The molecule has 2 heteroatoms. The minimum atomic E-state index is 0.584. The highest BCUT2D eigenvalue weighted by Crippen LogP contribution is 2.20. The maximum atomic E-state index is 5.68. The Kier molecular flexibility index (Phi) is 8.72. The lowest BCUT2D eigenvalue weighted by atomic mass is 9.95. The molecule has 1 saturated heterocycles. The van der Waals surface area contributed by atoms with Crippen LogP contribution in [0.2, 0.25) is 0 Å². The highest BCUT2D eigenvalue weighted by atomic mass is 16.5. The van der Waals surface area contributed by atoms with E-state index in [1.807, 2.05) is 0 Å². The average molecular weight is 241 g/mol. The first kappa shape index (κ1) is 15.0. The Morgan fingerprint density at radius 2 is 2.12 bits per heavy atom. The first-order chi connectivity index (χ1) is 8.36. The minimum absolute atomic E-state index is 0.584. The van der Waals surface area contributed by atoms with E-state index in [4.69, 9.17) is 4.74 Å². The number of ether oxygens (including phenoxy) is 1. The third kappa shape index (κ3) is 7.05. The topological polar surface area (TPSA) is 21.3 Å². The van der Waals surface area contributed by atoms with E-state index < -0.39 is 0 Å². The predicted molar refractivity (Wildman–Crippen MR) is 74.4 cm³/mol. The van der Waals surface area contributed by atoms with E-state index in [9.17, 15) is 0 Å². The van der Waals surface area contributed by atoms with E-state index in [0.29, 0.717) is 6.10 Å². The van der Waals surface area contributed by atoms with Crippen molar-refractivity contribution >= 4 is 0 Å². The molecule has 1 aliphatic heterocycles. The van der Waals surface area contributed by atoms with Crippen LogP contribution in [0.3, 0.4) is 0 Å². The van der Waals surface area contributed by atoms with Crippen LogP contribution < -0.4 is 5.32 Å². The summed E-state index contributed by atoms with van der Waals surface area (Å²) < 4.78 is 5.68. The summed E-state index contributed by atoms with van der Waals surface area (Å²) in [5.41, 5.74) is 0. The molecule has 0 amide bonds. The maximum absolute atomic E-state index is 5.68. The lowest BCUT2D eigenvalue weighted by molar-refractivity contribution is 0.100. The molecule has 2 unspecified atom stereocenters. The molecule has 0 aromatic heterocycles. The molecule has 0 saturated carbocycles. The molecule has 0 bridgehead atoms. The van der Waals surface area contributed by atoms with E-state index in [0.717, 1.165) is 12.5 Å². The van der Waals surface area contributed by atoms with Gasteiger partial charge in [0.2, 0.25) is 0 Å². The SMILES string of the molecule is CCCNCC(CCC)CCCC1CCCO1. The van der Waals surface area contributed by atoms with Gasteiger partial charge in [0.25, 0.3) is 0 Å². The van der Waals surface area contributed by atoms with Gasteiger partial charge < -0.3 is 10.1 Å². The summed E-state index contributed by atoms with van der Waals surface area (Å²) in [7, 11) is 0. The second kappa shape index (κ2) is 9.90. The van der Waals surface area contributed by atoms with Gasteiger partial charge in [-0.1, -0.05) is 26.7 Å². The molecule has 1 heterocycles. The Morgan fingerprint density at radius 3 is 2.76 bits per heavy atom. The Hall–Kier alpha value is -0.0800. The Bertz CT molecular complexity index is 166. The molecule has 0 radical (unpaired) electrons. The van der Waals surface area contributed by atoms with Crippen molar-refractivity contribution in [3.63, 3.8) is 0 Å². The molecule has 0 aromatic carbocycles. The second-order valence-electron chi connectivity index (χ2n) is 5.42. The van der Waals surface area contributed by atoms with Gasteiger partial charge in [-0.05, 0) is 57.5 Å². The standard InChI is InChI=1S/C15H31NO/c1-3-7-14(13-16-11-4-2)8-5-9-15-10-6-12-17-15/h14-16H,3-13H2,1-2H3. The summed E-state index contributed by atoms with van der Waals surface area (Å²) in [6.45, 7) is 7.92. The molecular weight excluding hydrogens is 210 g/mol. The van der Waals surface area contributed by atoms with E-state index in [1.165, 1.54) is 64.5 Å². The number of nitrogens with one attached hydrogen (secondary N) is 1. The highest BCUT2D eigenvalue weighted by Gasteiger charge is 2.15. The zero-order chi connectivity index (χ0) is 12.3. The van der Waals surface area contributed by atoms with Crippen molar-refractivity contribution in [3.05, 3.63) is 0 Å². The molecule has 1 N–H and O–H groups in total. The van der Waals surface area contributed by atoms with Gasteiger partial charge in [-0.2, -0.15) is 0 Å². The van der Waals surface area contributed by atoms with Gasteiger partial charge in [-0.15, -0.1) is 0 Å². The van der Waals surface area contributed by atoms with Gasteiger partial charge >= 0.3 is 0 Å². The molecule has 0 spiro atoms. The van der Waals surface area contributed by atoms with Crippen molar-refractivity contribution in [2.75, 3.05) is 19.7 Å². The molecule has 2 atom stereocenters. The third-order valence-electron chi connectivity index (χ3n) is 3.72. The maximum Gasteiger partial charge on any atom is 0.0576 e. The number of hydrogen-bond acceptors (Lipinski definition) is 2. The first-order valence-corrected chi connectivity index (χ1v) is 7.69. The summed E-state index contributed by atoms with van der Waals surface area (Å²) in [5, 5.41) is 3.57. The summed E-state index contributed by atoms with van der Waals surface area (Å²) in [5.74, 6) is 0.882. The fourth-order valence-electron chi connectivity index (χ4n) is 2.75. The van der Waals surface area contributed by atoms with Crippen LogP contribution in [0, 0.1) is 5.92 Å². The van der Waals surface area contributed by atoms with Crippen molar-refractivity contribution in [1.29, 1.82) is 0 Å². The lowest BCUT2D eigenvalue weighted by Crippen LogP contribution is -2.23. The van der Waals surface area contributed by atoms with E-state index in [1.54, 1.807) is 0 Å². The van der Waals surface area contributed by atoms with Crippen LogP contribution in [0.15, 0.2) is 0 Å². The van der Waals surface area contributed by atoms with Crippen LogP contribution in [0.4, 0.5) is 0 Å². The van der Waals surface area contributed by atoms with Crippen LogP contribution in [-0.2, 0) is 4.74 Å². The van der Waals surface area contributed by atoms with Gasteiger partial charge in [0.15, 0.2) is 0 Å². The van der Waals surface area contributed by atoms with Gasteiger partial charge in [-0.3, -0.25) is 0 Å². The van der Waals surface area contributed by atoms with Gasteiger partial charge in [0.1, 0.15) is 0 Å². The molecule has 2 nitrogen and oxygen atoms in total. The fraction of sp³-hybridized carbons (Fsp3) is 1.00. The smallest absolute Gasteiger partial charge is 0.0576 e. The van der Waals surface area contributed by atoms with Crippen LogP contribution in [-0.4, -0.2) is 25.8 Å². The van der Waals surface area contributed by atoms with Crippen molar-refractivity contribution in [2.24, 2.45) is 5.92 Å². The number of hydrogen-bond donors (Lipinski definition) is 1. The quantitative estimate of drug-likeness (QED) is 0.588. The van der Waals surface area contributed by atoms with Crippen LogP contribution >= 0.6 is 0 Å². The summed E-state index contributed by atoms with van der Waals surface area (Å²) >= 11 is 0. The van der Waals surface area contributed by atoms with Crippen LogP contribution in [0.1, 0.15) is 65.2 Å². The van der Waals surface area contributed by atoms with Crippen LogP contribution in [0.5, 0.6) is 0 Å². The molecular formula is C15H31NO. The molecule has 17 heavy (non-hydrogen) atoms. The van der Waals surface area contributed by atoms with Crippen LogP contribution in [0.25, 0.3) is 0 Å². The van der Waals surface area contributed by atoms with E-state index >= 15 is 0 Å². The molecule has 102 valence electrons. The zero-order valence-electron chi connectivity index (χ0n) is 11.8. The van der Waals surface area contributed by atoms with Gasteiger partial charge in [0, 0.05) is 6.61 Å². The molecule has 0 aromatic rings. The molecule has 1 aliphatic rings. The average Bonchev–Trinajstić information content (AvgIpc) is 2.82. The van der Waals surface area contributed by atoms with Crippen molar-refractivity contribution in [3.8, 4) is 0 Å². The Balaban J connectivity index is 2.05. The zero-order valence-corrected chi connectivity index (χ0v) is 11.8. The number of rotatable bonds is 10. The second-order valence-corrected chi connectivity index (χ2v) is 5.42. The first-order valence-electron chi connectivity index (χ1n) is 7.69. The molecule has 1 rings (SSSR count). The fourth-order valence-corrected chi connectivity index (χ4v) is 2.75. The molecule has 0 aliphatic carbocycles. The minimum Gasteiger partial charge on any atom is -0.378 e. The normalized spacial score (nSPS) is 21.9. The highest BCUT2D eigenvalue weighted by molar-refractivity contribution is 4.68. The largest absolute Gasteiger partial charge is 0.378 e. The van der Waals surface area contributed by atoms with E-state index in [-0.39, 0.29) is 0 Å².